The van der Waals surface area contributed by atoms with Crippen molar-refractivity contribution in [1.82, 2.24) is 0 Å². The van der Waals surface area contributed by atoms with Crippen molar-refractivity contribution in [2.45, 2.75) is 26.9 Å². The van der Waals surface area contributed by atoms with Gasteiger partial charge in [-0.15, -0.1) is 0 Å². The fourth-order valence-electron chi connectivity index (χ4n) is 1.28. The molecule has 0 saturated heterocycles. The maximum absolute atomic E-state index is 11.9. The summed E-state index contributed by atoms with van der Waals surface area (Å²) in [5.41, 5.74) is 6.00. The fraction of sp³-hybridized carbons (Fsp3) is 0.462. The van der Waals surface area contributed by atoms with Crippen LogP contribution >= 0.6 is 15.9 Å². The standard InChI is InChI=1S/C13H18BrNO2/c1-3-13(2,9-15)12(16)17-8-10-4-6-11(14)7-5-10/h4-7H,3,8-9,15H2,1-2H3. The van der Waals surface area contributed by atoms with Crippen LogP contribution in [0.1, 0.15) is 25.8 Å². The molecule has 1 unspecified atom stereocenters. The molecular formula is C13H18BrNO2. The molecule has 4 heteroatoms. The van der Waals surface area contributed by atoms with Crippen LogP contribution in [0.15, 0.2) is 28.7 Å². The summed E-state index contributed by atoms with van der Waals surface area (Å²) in [5.74, 6) is -0.231. The van der Waals surface area contributed by atoms with E-state index in [1.807, 2.05) is 38.1 Å². The molecule has 17 heavy (non-hydrogen) atoms. The molecule has 0 heterocycles. The van der Waals surface area contributed by atoms with Crippen LogP contribution in [-0.4, -0.2) is 12.5 Å². The highest BCUT2D eigenvalue weighted by Gasteiger charge is 2.31. The van der Waals surface area contributed by atoms with Gasteiger partial charge < -0.3 is 10.5 Å². The van der Waals surface area contributed by atoms with Gasteiger partial charge in [0, 0.05) is 11.0 Å². The second-order valence-electron chi connectivity index (χ2n) is 4.32. The molecule has 94 valence electrons. The first-order valence-corrected chi connectivity index (χ1v) is 6.43. The zero-order valence-corrected chi connectivity index (χ0v) is 11.8. The van der Waals surface area contributed by atoms with Gasteiger partial charge >= 0.3 is 5.97 Å². The molecule has 0 amide bonds. The molecule has 0 aliphatic rings. The molecule has 0 aliphatic carbocycles. The van der Waals surface area contributed by atoms with Crippen molar-refractivity contribution >= 4 is 21.9 Å². The predicted molar refractivity (Wildman–Crippen MR) is 71.4 cm³/mol. The molecule has 0 radical (unpaired) electrons. The van der Waals surface area contributed by atoms with Gasteiger partial charge in [-0.3, -0.25) is 4.79 Å². The summed E-state index contributed by atoms with van der Waals surface area (Å²) in [6.07, 6.45) is 0.683. The third kappa shape index (κ3) is 3.82. The Morgan fingerprint density at radius 3 is 2.47 bits per heavy atom. The minimum atomic E-state index is -0.574. The van der Waals surface area contributed by atoms with Gasteiger partial charge in [-0.2, -0.15) is 0 Å². The van der Waals surface area contributed by atoms with Crippen molar-refractivity contribution < 1.29 is 9.53 Å². The fourth-order valence-corrected chi connectivity index (χ4v) is 1.54. The lowest BCUT2D eigenvalue weighted by atomic mass is 9.88. The van der Waals surface area contributed by atoms with Crippen molar-refractivity contribution in [1.29, 1.82) is 0 Å². The topological polar surface area (TPSA) is 52.3 Å². The molecule has 0 fully saturated rings. The van der Waals surface area contributed by atoms with Gasteiger partial charge in [0.2, 0.25) is 0 Å². The van der Waals surface area contributed by atoms with E-state index in [2.05, 4.69) is 15.9 Å². The van der Waals surface area contributed by atoms with Gasteiger partial charge in [0.15, 0.2) is 0 Å². The molecule has 2 N–H and O–H groups in total. The Bertz CT molecular complexity index is 372. The third-order valence-electron chi connectivity index (χ3n) is 3.01. The van der Waals surface area contributed by atoms with E-state index in [0.717, 1.165) is 10.0 Å². The summed E-state index contributed by atoms with van der Waals surface area (Å²) >= 11 is 3.36. The first-order chi connectivity index (χ1) is 8.01. The highest BCUT2D eigenvalue weighted by atomic mass is 79.9. The van der Waals surface area contributed by atoms with Crippen LogP contribution in [0.5, 0.6) is 0 Å². The SMILES string of the molecule is CCC(C)(CN)C(=O)OCc1ccc(Br)cc1. The number of esters is 1. The Balaban J connectivity index is 2.56. The van der Waals surface area contributed by atoms with E-state index in [0.29, 0.717) is 19.6 Å². The molecule has 0 aliphatic heterocycles. The van der Waals surface area contributed by atoms with E-state index in [9.17, 15) is 4.79 Å². The smallest absolute Gasteiger partial charge is 0.313 e. The molecule has 1 aromatic carbocycles. The van der Waals surface area contributed by atoms with Gasteiger partial charge in [-0.05, 0) is 31.0 Å². The molecule has 1 rings (SSSR count). The van der Waals surface area contributed by atoms with Gasteiger partial charge in [0.1, 0.15) is 6.61 Å². The number of ether oxygens (including phenoxy) is 1. The Morgan fingerprint density at radius 2 is 2.00 bits per heavy atom. The Kier molecular flexibility index (Phi) is 5.15. The third-order valence-corrected chi connectivity index (χ3v) is 3.54. The minimum absolute atomic E-state index is 0.231. The van der Waals surface area contributed by atoms with Gasteiger partial charge in [0.25, 0.3) is 0 Å². The lowest BCUT2D eigenvalue weighted by Gasteiger charge is -2.23. The summed E-state index contributed by atoms with van der Waals surface area (Å²) in [6.45, 7) is 4.37. The van der Waals surface area contributed by atoms with Crippen molar-refractivity contribution in [2.24, 2.45) is 11.1 Å². The maximum atomic E-state index is 11.9. The largest absolute Gasteiger partial charge is 0.460 e. The molecule has 0 spiro atoms. The number of hydrogen-bond acceptors (Lipinski definition) is 3. The average Bonchev–Trinajstić information content (AvgIpc) is 2.36. The number of rotatable bonds is 5. The number of nitrogens with two attached hydrogens (primary N) is 1. The summed E-state index contributed by atoms with van der Waals surface area (Å²) in [6, 6.07) is 7.68. The Labute approximate surface area is 110 Å². The van der Waals surface area contributed by atoms with E-state index in [4.69, 9.17) is 10.5 Å². The number of benzene rings is 1. The lowest BCUT2D eigenvalue weighted by Crippen LogP contribution is -2.36. The Morgan fingerprint density at radius 1 is 1.41 bits per heavy atom. The summed E-state index contributed by atoms with van der Waals surface area (Å²) in [7, 11) is 0. The second kappa shape index (κ2) is 6.17. The second-order valence-corrected chi connectivity index (χ2v) is 5.24. The quantitative estimate of drug-likeness (QED) is 0.851. The van der Waals surface area contributed by atoms with Crippen molar-refractivity contribution in [3.05, 3.63) is 34.3 Å². The van der Waals surface area contributed by atoms with Crippen molar-refractivity contribution in [3.8, 4) is 0 Å². The molecule has 0 saturated carbocycles. The monoisotopic (exact) mass is 299 g/mol. The van der Waals surface area contributed by atoms with Crippen molar-refractivity contribution in [2.75, 3.05) is 6.54 Å². The van der Waals surface area contributed by atoms with Gasteiger partial charge in [-0.25, -0.2) is 0 Å². The van der Waals surface area contributed by atoms with E-state index >= 15 is 0 Å². The average molecular weight is 300 g/mol. The van der Waals surface area contributed by atoms with Crippen LogP contribution in [-0.2, 0) is 16.1 Å². The van der Waals surface area contributed by atoms with Crippen LogP contribution < -0.4 is 5.73 Å². The van der Waals surface area contributed by atoms with Crippen LogP contribution in [0.2, 0.25) is 0 Å². The highest BCUT2D eigenvalue weighted by Crippen LogP contribution is 2.22. The predicted octanol–water partition coefficient (Wildman–Crippen LogP) is 2.87. The van der Waals surface area contributed by atoms with E-state index in [1.165, 1.54) is 0 Å². The summed E-state index contributed by atoms with van der Waals surface area (Å²) < 4.78 is 6.29. The van der Waals surface area contributed by atoms with E-state index in [1.54, 1.807) is 0 Å². The number of hydrogen-bond donors (Lipinski definition) is 1. The van der Waals surface area contributed by atoms with Crippen LogP contribution in [0.25, 0.3) is 0 Å². The van der Waals surface area contributed by atoms with Crippen molar-refractivity contribution in [3.63, 3.8) is 0 Å². The number of carbonyl (C=O) groups is 1. The Hall–Kier alpha value is -0.870. The number of halogens is 1. The van der Waals surface area contributed by atoms with E-state index in [-0.39, 0.29) is 5.97 Å². The minimum Gasteiger partial charge on any atom is -0.460 e. The van der Waals surface area contributed by atoms with Crippen LogP contribution in [0, 0.1) is 5.41 Å². The zero-order chi connectivity index (χ0) is 12.9. The lowest BCUT2D eigenvalue weighted by molar-refractivity contribution is -0.156. The van der Waals surface area contributed by atoms with E-state index < -0.39 is 5.41 Å². The highest BCUT2D eigenvalue weighted by molar-refractivity contribution is 9.10. The summed E-state index contributed by atoms with van der Waals surface area (Å²) in [4.78, 5) is 11.9. The van der Waals surface area contributed by atoms with Gasteiger partial charge in [0.05, 0.1) is 5.41 Å². The molecule has 1 atom stereocenters. The molecule has 0 bridgehead atoms. The maximum Gasteiger partial charge on any atom is 0.313 e. The molecule has 3 nitrogen and oxygen atoms in total. The zero-order valence-electron chi connectivity index (χ0n) is 10.2. The summed E-state index contributed by atoms with van der Waals surface area (Å²) in [5, 5.41) is 0. The molecule has 0 aromatic heterocycles. The van der Waals surface area contributed by atoms with Crippen LogP contribution in [0.4, 0.5) is 0 Å². The number of carbonyl (C=O) groups excluding carboxylic acids is 1. The van der Waals surface area contributed by atoms with Crippen LogP contribution in [0.3, 0.4) is 0 Å². The first-order valence-electron chi connectivity index (χ1n) is 5.63. The first kappa shape index (κ1) is 14.2. The normalized spacial score (nSPS) is 14.1. The van der Waals surface area contributed by atoms with Gasteiger partial charge in [-0.1, -0.05) is 35.0 Å². The molecule has 1 aromatic rings. The molecular weight excluding hydrogens is 282 g/mol.